The van der Waals surface area contributed by atoms with Gasteiger partial charge in [0.05, 0.1) is 11.5 Å². The van der Waals surface area contributed by atoms with Gasteiger partial charge in [-0.25, -0.2) is 0 Å². The quantitative estimate of drug-likeness (QED) is 0.553. The van der Waals surface area contributed by atoms with Crippen molar-refractivity contribution in [3.8, 4) is 0 Å². The molecule has 0 radical (unpaired) electrons. The highest BCUT2D eigenvalue weighted by Gasteiger charge is 2.13. The molecule has 0 saturated heterocycles. The number of ether oxygens (including phenoxy) is 1. The molecule has 100 valence electrons. The van der Waals surface area contributed by atoms with Gasteiger partial charge in [0, 0.05) is 37.5 Å². The summed E-state index contributed by atoms with van der Waals surface area (Å²) < 4.78 is 5.08. The second kappa shape index (κ2) is 6.96. The first-order valence-electron chi connectivity index (χ1n) is 6.09. The van der Waals surface area contributed by atoms with E-state index in [-0.39, 0.29) is 10.6 Å². The van der Waals surface area contributed by atoms with Crippen LogP contribution in [0, 0.1) is 17.0 Å². The SMILES string of the molecule is CCCN(CCOC)c1ccc([N+](=O)[O-])c(C)c1. The molecule has 0 amide bonds. The molecule has 0 aliphatic rings. The van der Waals surface area contributed by atoms with Crippen molar-refractivity contribution in [2.75, 3.05) is 31.7 Å². The number of hydrogen-bond donors (Lipinski definition) is 0. The van der Waals surface area contributed by atoms with Crippen LogP contribution in [-0.2, 0) is 4.74 Å². The zero-order valence-corrected chi connectivity index (χ0v) is 11.2. The third kappa shape index (κ3) is 3.70. The Balaban J connectivity index is 2.91. The van der Waals surface area contributed by atoms with Crippen LogP contribution < -0.4 is 4.90 Å². The van der Waals surface area contributed by atoms with Crippen molar-refractivity contribution in [2.45, 2.75) is 20.3 Å². The summed E-state index contributed by atoms with van der Waals surface area (Å²) in [7, 11) is 1.67. The third-order valence-electron chi connectivity index (χ3n) is 2.80. The molecule has 0 heterocycles. The van der Waals surface area contributed by atoms with Crippen molar-refractivity contribution >= 4 is 11.4 Å². The van der Waals surface area contributed by atoms with Gasteiger partial charge in [-0.15, -0.1) is 0 Å². The first-order chi connectivity index (χ1) is 8.60. The number of methoxy groups -OCH3 is 1. The molecular weight excluding hydrogens is 232 g/mol. The molecule has 0 atom stereocenters. The standard InChI is InChI=1S/C13H20N2O3/c1-4-7-14(8-9-18-3)12-5-6-13(15(16)17)11(2)10-12/h5-6,10H,4,7-9H2,1-3H3. The predicted octanol–water partition coefficient (Wildman–Crippen LogP) is 2.77. The fourth-order valence-corrected chi connectivity index (χ4v) is 1.88. The van der Waals surface area contributed by atoms with Gasteiger partial charge in [0.1, 0.15) is 0 Å². The molecule has 0 fully saturated rings. The smallest absolute Gasteiger partial charge is 0.272 e. The van der Waals surface area contributed by atoms with E-state index in [2.05, 4.69) is 11.8 Å². The number of rotatable bonds is 7. The molecule has 0 saturated carbocycles. The van der Waals surface area contributed by atoms with Crippen LogP contribution >= 0.6 is 0 Å². The number of nitrogens with zero attached hydrogens (tertiary/aromatic N) is 2. The molecule has 0 N–H and O–H groups in total. The Morgan fingerprint density at radius 2 is 2.11 bits per heavy atom. The molecule has 5 nitrogen and oxygen atoms in total. The zero-order chi connectivity index (χ0) is 13.5. The number of anilines is 1. The van der Waals surface area contributed by atoms with Crippen LogP contribution in [0.2, 0.25) is 0 Å². The Hall–Kier alpha value is -1.62. The van der Waals surface area contributed by atoms with Gasteiger partial charge in [0.25, 0.3) is 5.69 Å². The third-order valence-corrected chi connectivity index (χ3v) is 2.80. The van der Waals surface area contributed by atoms with E-state index in [9.17, 15) is 10.1 Å². The van der Waals surface area contributed by atoms with E-state index in [0.717, 1.165) is 25.2 Å². The monoisotopic (exact) mass is 252 g/mol. The van der Waals surface area contributed by atoms with Crippen molar-refractivity contribution in [1.29, 1.82) is 0 Å². The maximum Gasteiger partial charge on any atom is 0.272 e. The fourth-order valence-electron chi connectivity index (χ4n) is 1.88. The first kappa shape index (κ1) is 14.4. The van der Waals surface area contributed by atoms with E-state index >= 15 is 0 Å². The highest BCUT2D eigenvalue weighted by Crippen LogP contribution is 2.24. The fraction of sp³-hybridized carbons (Fsp3) is 0.538. The number of aryl methyl sites for hydroxylation is 1. The van der Waals surface area contributed by atoms with Crippen molar-refractivity contribution in [2.24, 2.45) is 0 Å². The molecule has 1 aromatic carbocycles. The van der Waals surface area contributed by atoms with Crippen LogP contribution in [0.15, 0.2) is 18.2 Å². The van der Waals surface area contributed by atoms with E-state index < -0.39 is 0 Å². The minimum atomic E-state index is -0.349. The number of nitro benzene ring substituents is 1. The minimum Gasteiger partial charge on any atom is -0.383 e. The number of benzene rings is 1. The topological polar surface area (TPSA) is 55.6 Å². The van der Waals surface area contributed by atoms with Gasteiger partial charge in [0.15, 0.2) is 0 Å². The summed E-state index contributed by atoms with van der Waals surface area (Å²) in [6.07, 6.45) is 1.03. The van der Waals surface area contributed by atoms with Gasteiger partial charge >= 0.3 is 0 Å². The summed E-state index contributed by atoms with van der Waals surface area (Å²) in [5, 5.41) is 10.8. The van der Waals surface area contributed by atoms with Crippen LogP contribution in [0.1, 0.15) is 18.9 Å². The van der Waals surface area contributed by atoms with E-state index in [1.54, 1.807) is 26.2 Å². The van der Waals surface area contributed by atoms with Gasteiger partial charge < -0.3 is 9.64 Å². The minimum absolute atomic E-state index is 0.168. The maximum absolute atomic E-state index is 10.8. The van der Waals surface area contributed by atoms with Crippen molar-refractivity contribution < 1.29 is 9.66 Å². The number of nitro groups is 1. The highest BCUT2D eigenvalue weighted by atomic mass is 16.6. The van der Waals surface area contributed by atoms with E-state index in [4.69, 9.17) is 4.74 Å². The normalized spacial score (nSPS) is 10.4. The Morgan fingerprint density at radius 3 is 2.61 bits per heavy atom. The van der Waals surface area contributed by atoms with E-state index in [1.807, 2.05) is 6.07 Å². The van der Waals surface area contributed by atoms with E-state index in [1.165, 1.54) is 0 Å². The average Bonchev–Trinajstić information content (AvgIpc) is 2.33. The Labute approximate surface area is 108 Å². The predicted molar refractivity (Wildman–Crippen MR) is 72.2 cm³/mol. The zero-order valence-electron chi connectivity index (χ0n) is 11.2. The lowest BCUT2D eigenvalue weighted by atomic mass is 10.1. The van der Waals surface area contributed by atoms with Gasteiger partial charge in [0.2, 0.25) is 0 Å². The lowest BCUT2D eigenvalue weighted by molar-refractivity contribution is -0.385. The van der Waals surface area contributed by atoms with Crippen LogP contribution in [-0.4, -0.2) is 31.7 Å². The molecule has 0 aliphatic heterocycles. The largest absolute Gasteiger partial charge is 0.383 e. The van der Waals surface area contributed by atoms with Crippen LogP contribution in [0.5, 0.6) is 0 Å². The van der Waals surface area contributed by atoms with Crippen LogP contribution in [0.3, 0.4) is 0 Å². The summed E-state index contributed by atoms with van der Waals surface area (Å²) in [5.41, 5.74) is 1.87. The summed E-state index contributed by atoms with van der Waals surface area (Å²) in [6.45, 7) is 6.23. The number of hydrogen-bond acceptors (Lipinski definition) is 4. The van der Waals surface area contributed by atoms with Gasteiger partial charge in [-0.05, 0) is 25.5 Å². The summed E-state index contributed by atoms with van der Waals surface area (Å²) in [6, 6.07) is 5.24. The molecule has 0 unspecified atom stereocenters. The maximum atomic E-state index is 10.8. The Bertz CT molecular complexity index is 407. The Morgan fingerprint density at radius 1 is 1.39 bits per heavy atom. The molecule has 0 bridgehead atoms. The van der Waals surface area contributed by atoms with Gasteiger partial charge in [-0.1, -0.05) is 6.92 Å². The molecule has 0 aromatic heterocycles. The average molecular weight is 252 g/mol. The van der Waals surface area contributed by atoms with E-state index in [0.29, 0.717) is 12.2 Å². The molecule has 18 heavy (non-hydrogen) atoms. The van der Waals surface area contributed by atoms with Crippen molar-refractivity contribution in [1.82, 2.24) is 0 Å². The molecular formula is C13H20N2O3. The second-order valence-corrected chi connectivity index (χ2v) is 4.21. The van der Waals surface area contributed by atoms with Crippen molar-refractivity contribution in [3.05, 3.63) is 33.9 Å². The molecule has 1 aromatic rings. The summed E-state index contributed by atoms with van der Waals surface area (Å²) in [4.78, 5) is 12.6. The molecule has 0 spiro atoms. The second-order valence-electron chi connectivity index (χ2n) is 4.21. The van der Waals surface area contributed by atoms with Gasteiger partial charge in [-0.3, -0.25) is 10.1 Å². The van der Waals surface area contributed by atoms with Gasteiger partial charge in [-0.2, -0.15) is 0 Å². The van der Waals surface area contributed by atoms with Crippen molar-refractivity contribution in [3.63, 3.8) is 0 Å². The molecule has 0 aliphatic carbocycles. The van der Waals surface area contributed by atoms with Crippen LogP contribution in [0.25, 0.3) is 0 Å². The lowest BCUT2D eigenvalue weighted by Gasteiger charge is -2.24. The highest BCUT2D eigenvalue weighted by molar-refractivity contribution is 5.55. The molecule has 5 heteroatoms. The lowest BCUT2D eigenvalue weighted by Crippen LogP contribution is -2.28. The first-order valence-corrected chi connectivity index (χ1v) is 6.09. The molecule has 1 rings (SSSR count). The van der Waals surface area contributed by atoms with Crippen LogP contribution in [0.4, 0.5) is 11.4 Å². The summed E-state index contributed by atoms with van der Waals surface area (Å²) >= 11 is 0. The Kier molecular flexibility index (Phi) is 5.58. The summed E-state index contributed by atoms with van der Waals surface area (Å²) in [5.74, 6) is 0.